The molecule has 1 aliphatic carbocycles. The van der Waals surface area contributed by atoms with Crippen LogP contribution in [-0.4, -0.2) is 148 Å². The van der Waals surface area contributed by atoms with Gasteiger partial charge in [0.1, 0.15) is 23.7 Å². The molecule has 22 nitrogen and oxygen atoms in total. The molecule has 536 valence electrons. The zero-order valence-corrected chi connectivity index (χ0v) is 57.7. The summed E-state index contributed by atoms with van der Waals surface area (Å²) >= 11 is 0. The number of benzene rings is 1. The van der Waals surface area contributed by atoms with Crippen molar-refractivity contribution in [2.45, 2.75) is 259 Å². The van der Waals surface area contributed by atoms with Crippen LogP contribution in [0, 0.1) is 59.2 Å². The number of Topliss-reactive ketones (excluding diaryl/α,β-unsaturated/α-hetero) is 4. The standard InChI is InChI=1S/C70H110F3N7O15/c1-12-39(6)51(35-53(83)52(28-29-58(74)87)75-64(89)48(37-81)33-54(84)59(40(7)13-2)76-63(88)46(16-5)31-45-24-20-19-21-25-45)67(92)77-60(41(8)14-3)55(85)34-49(38-82)65(90)78-62-44(11)95-68(93)61(42(9)15-4)79-69(94)70(36-50(70)30-43(10)71)80-66(91)47(32-56(62)86)26-22-17-18-23-27-57(72)73/h19-21,24-25,39-44,46-52,57,59-62,81-82H,12-18,22-23,26-38H2,1-11H3,(H2,74,87)(H,75,89)(H,76,88)(H,77,92)(H,78,90)(H,79,94)(H,80,91)/t39-,40-,41-,42-,43?,44-,46+,47+,48-,49-,50?,51+,52+,59-,60-,61-,62+,70?/m0/s1. The molecular weight excluding hydrogens is 1240 g/mol. The van der Waals surface area contributed by atoms with Crippen LogP contribution in [0.4, 0.5) is 13.2 Å². The van der Waals surface area contributed by atoms with Crippen molar-refractivity contribution in [1.29, 1.82) is 0 Å². The summed E-state index contributed by atoms with van der Waals surface area (Å²) in [6.07, 6.45) is -5.13. The Hall–Kier alpha value is -6.63. The fourth-order valence-corrected chi connectivity index (χ4v) is 12.3. The smallest absolute Gasteiger partial charge is 0.329 e. The lowest BCUT2D eigenvalue weighted by Crippen LogP contribution is -2.57. The number of esters is 1. The topological polar surface area (TPSA) is 353 Å². The highest BCUT2D eigenvalue weighted by atomic mass is 19.3. The molecule has 1 aliphatic heterocycles. The van der Waals surface area contributed by atoms with Crippen LogP contribution in [0.3, 0.4) is 0 Å². The van der Waals surface area contributed by atoms with E-state index in [4.69, 9.17) is 10.5 Å². The Kier molecular flexibility index (Phi) is 35.5. The van der Waals surface area contributed by atoms with E-state index < -0.39 is 211 Å². The summed E-state index contributed by atoms with van der Waals surface area (Å²) in [6.45, 7) is 16.6. The number of amides is 7. The fraction of sp³-hybridized carbons (Fsp3) is 0.743. The van der Waals surface area contributed by atoms with Crippen molar-refractivity contribution >= 4 is 70.5 Å². The number of primary amides is 1. The van der Waals surface area contributed by atoms with Gasteiger partial charge in [0.05, 0.1) is 49.3 Å². The summed E-state index contributed by atoms with van der Waals surface area (Å²) in [4.78, 5) is 169. The molecule has 95 heavy (non-hydrogen) atoms. The molecule has 3 unspecified atom stereocenters. The summed E-state index contributed by atoms with van der Waals surface area (Å²) in [5.41, 5.74) is 4.81. The zero-order valence-electron chi connectivity index (χ0n) is 57.7. The van der Waals surface area contributed by atoms with Crippen molar-refractivity contribution in [3.63, 3.8) is 0 Å². The molecule has 1 heterocycles. The number of rotatable bonds is 42. The third-order valence-electron chi connectivity index (χ3n) is 19.6. The maximum Gasteiger partial charge on any atom is 0.329 e. The fourth-order valence-electron chi connectivity index (χ4n) is 12.3. The number of nitrogens with one attached hydrogen (secondary N) is 6. The van der Waals surface area contributed by atoms with Gasteiger partial charge in [0.25, 0.3) is 0 Å². The Morgan fingerprint density at radius 2 is 1.23 bits per heavy atom. The Morgan fingerprint density at radius 1 is 0.674 bits per heavy atom. The van der Waals surface area contributed by atoms with Crippen LogP contribution in [-0.2, 0) is 68.7 Å². The van der Waals surface area contributed by atoms with Crippen LogP contribution in [0.5, 0.6) is 0 Å². The Balaban J connectivity index is 1.92. The van der Waals surface area contributed by atoms with Crippen LogP contribution in [0.1, 0.15) is 204 Å². The number of halogens is 3. The molecule has 2 fully saturated rings. The van der Waals surface area contributed by atoms with Gasteiger partial charge in [-0.2, -0.15) is 0 Å². The van der Waals surface area contributed by atoms with Crippen LogP contribution in [0.15, 0.2) is 30.3 Å². The lowest BCUT2D eigenvalue weighted by molar-refractivity contribution is -0.157. The normalized spacial score (nSPS) is 23.1. The van der Waals surface area contributed by atoms with Gasteiger partial charge in [-0.3, -0.25) is 52.7 Å². The number of ether oxygens (including phenoxy) is 1. The van der Waals surface area contributed by atoms with Gasteiger partial charge in [0.15, 0.2) is 23.1 Å². The lowest BCUT2D eigenvalue weighted by atomic mass is 9.83. The number of unbranched alkanes of at least 4 members (excludes halogenated alkanes) is 3. The largest absolute Gasteiger partial charge is 0.458 e. The molecule has 3 rings (SSSR count). The quantitative estimate of drug-likeness (QED) is 0.0246. The molecule has 1 aromatic carbocycles. The van der Waals surface area contributed by atoms with Crippen LogP contribution in [0.2, 0.25) is 0 Å². The molecule has 0 bridgehead atoms. The van der Waals surface area contributed by atoms with Gasteiger partial charge in [0, 0.05) is 56.3 Å². The van der Waals surface area contributed by atoms with Crippen molar-refractivity contribution in [1.82, 2.24) is 31.9 Å². The van der Waals surface area contributed by atoms with E-state index in [1.165, 1.54) is 13.8 Å². The van der Waals surface area contributed by atoms with Crippen LogP contribution < -0.4 is 37.6 Å². The van der Waals surface area contributed by atoms with E-state index in [0.717, 1.165) is 5.56 Å². The molecule has 2 aliphatic rings. The number of hydrogen-bond donors (Lipinski definition) is 9. The van der Waals surface area contributed by atoms with Crippen molar-refractivity contribution in [2.75, 3.05) is 13.2 Å². The molecular formula is C70H110F3N7O15. The summed E-state index contributed by atoms with van der Waals surface area (Å²) in [6, 6.07) is 2.55. The predicted octanol–water partition coefficient (Wildman–Crippen LogP) is 6.59. The van der Waals surface area contributed by atoms with E-state index in [-0.39, 0.29) is 56.8 Å². The lowest BCUT2D eigenvalue weighted by Gasteiger charge is -2.31. The van der Waals surface area contributed by atoms with Crippen LogP contribution >= 0.6 is 0 Å². The molecule has 10 N–H and O–H groups in total. The first-order chi connectivity index (χ1) is 44.9. The van der Waals surface area contributed by atoms with E-state index in [1.54, 1.807) is 48.5 Å². The summed E-state index contributed by atoms with van der Waals surface area (Å²) in [7, 11) is 0. The maximum absolute atomic E-state index is 14.7. The predicted molar refractivity (Wildman–Crippen MR) is 350 cm³/mol. The van der Waals surface area contributed by atoms with Gasteiger partial charge < -0.3 is 52.6 Å². The highest BCUT2D eigenvalue weighted by molar-refractivity contribution is 6.01. The van der Waals surface area contributed by atoms with Gasteiger partial charge in [0.2, 0.25) is 47.8 Å². The van der Waals surface area contributed by atoms with E-state index >= 15 is 0 Å². The summed E-state index contributed by atoms with van der Waals surface area (Å²) < 4.78 is 46.3. The second-order valence-electron chi connectivity index (χ2n) is 27.0. The number of carbonyl (C=O) groups is 12. The highest BCUT2D eigenvalue weighted by Crippen LogP contribution is 2.48. The zero-order chi connectivity index (χ0) is 71.4. The summed E-state index contributed by atoms with van der Waals surface area (Å²) in [5, 5.41) is 37.6. The molecule has 1 spiro atoms. The number of carbonyl (C=O) groups excluding carboxylic acids is 12. The molecule has 18 atom stereocenters. The summed E-state index contributed by atoms with van der Waals surface area (Å²) in [5.74, 6) is -17.7. The van der Waals surface area contributed by atoms with Crippen LogP contribution in [0.25, 0.3) is 0 Å². The third kappa shape index (κ3) is 25.7. The molecule has 0 aromatic heterocycles. The third-order valence-corrected chi connectivity index (χ3v) is 19.6. The van der Waals surface area contributed by atoms with Gasteiger partial charge >= 0.3 is 5.97 Å². The molecule has 1 saturated heterocycles. The number of aliphatic hydroxyl groups excluding tert-OH is 2. The Labute approximate surface area is 559 Å². The molecule has 0 radical (unpaired) electrons. The number of aliphatic hydroxyl groups is 2. The minimum atomic E-state index is -2.50. The van der Waals surface area contributed by atoms with Crippen molar-refractivity contribution in [2.24, 2.45) is 64.9 Å². The first kappa shape index (κ1) is 82.6. The van der Waals surface area contributed by atoms with E-state index in [9.17, 15) is 80.9 Å². The minimum absolute atomic E-state index is 0.0288. The van der Waals surface area contributed by atoms with Crippen molar-refractivity contribution in [3.05, 3.63) is 35.9 Å². The van der Waals surface area contributed by atoms with Gasteiger partial charge in [-0.05, 0) is 93.9 Å². The average Bonchev–Trinajstić information content (AvgIpc) is 1.58. The monoisotopic (exact) mass is 1350 g/mol. The Bertz CT molecular complexity index is 2720. The van der Waals surface area contributed by atoms with Gasteiger partial charge in [-0.15, -0.1) is 0 Å². The van der Waals surface area contributed by atoms with E-state index in [0.29, 0.717) is 57.8 Å². The van der Waals surface area contributed by atoms with Gasteiger partial charge in [-0.1, -0.05) is 138 Å². The molecule has 1 saturated carbocycles. The molecule has 1 aromatic rings. The average molecular weight is 1350 g/mol. The number of cyclic esters (lactones) is 1. The SMILES string of the molecule is CC[C@H](Cc1ccccc1)C(=O)N[C@H](C(=O)C[C@@H](CO)C(=O)N[C@H](CCC(N)=O)C(=O)C[C@@H](C(=O)N[C@H](C(=O)C[C@@H](CO)C(=O)N[C@H]1C(=O)C[C@@H](CCCCCCC(F)F)C(=O)NC2(CC2CC(C)F)C(=O)N[C@@H]([C@@H](C)CC)C(=O)O[C@H]1C)[C@@H](C)CC)[C@@H](C)CC)[C@@H](C)CC. The van der Waals surface area contributed by atoms with Gasteiger partial charge in [-0.25, -0.2) is 18.0 Å². The maximum atomic E-state index is 14.7. The number of alkyl halides is 3. The number of hydrogen-bond acceptors (Lipinski definition) is 15. The van der Waals surface area contributed by atoms with E-state index in [2.05, 4.69) is 31.9 Å². The second kappa shape index (κ2) is 40.8. The minimum Gasteiger partial charge on any atom is -0.458 e. The first-order valence-corrected chi connectivity index (χ1v) is 34.5. The van der Waals surface area contributed by atoms with E-state index in [1.807, 2.05) is 44.2 Å². The second-order valence-corrected chi connectivity index (χ2v) is 27.0. The van der Waals surface area contributed by atoms with Crippen molar-refractivity contribution in [3.8, 4) is 0 Å². The van der Waals surface area contributed by atoms with Crippen molar-refractivity contribution < 1.29 is 85.7 Å². The number of ketones is 4. The number of nitrogens with two attached hydrogens (primary N) is 1. The molecule has 25 heteroatoms. The Morgan fingerprint density at radius 3 is 1.76 bits per heavy atom. The molecule has 7 amide bonds. The highest BCUT2D eigenvalue weighted by Gasteiger charge is 2.62. The first-order valence-electron chi connectivity index (χ1n) is 34.5.